The number of pyridine rings is 1. The molecule has 0 spiro atoms. The topological polar surface area (TPSA) is 36.4 Å². The van der Waals surface area contributed by atoms with Gasteiger partial charge in [-0.3, -0.25) is 9.78 Å². The van der Waals surface area contributed by atoms with Crippen LogP contribution in [0.3, 0.4) is 0 Å². The number of hydrogen-bond acceptors (Lipinski definition) is 3. The molecule has 2 heterocycles. The number of aryl methyl sites for hydroxylation is 3. The molecule has 0 unspecified atom stereocenters. The molecular formula is C19H23N3O. The van der Waals surface area contributed by atoms with Crippen LogP contribution in [-0.4, -0.2) is 42.0 Å². The van der Waals surface area contributed by atoms with Crippen molar-refractivity contribution in [3.63, 3.8) is 0 Å². The number of amides is 1. The summed E-state index contributed by atoms with van der Waals surface area (Å²) >= 11 is 0. The summed E-state index contributed by atoms with van der Waals surface area (Å²) in [5, 5.41) is 0. The van der Waals surface area contributed by atoms with E-state index in [1.54, 1.807) is 0 Å². The summed E-state index contributed by atoms with van der Waals surface area (Å²) in [7, 11) is 0. The maximum Gasteiger partial charge on any atom is 0.255 e. The Morgan fingerprint density at radius 1 is 1.00 bits per heavy atom. The number of carbonyl (C=O) groups is 1. The Labute approximate surface area is 137 Å². The van der Waals surface area contributed by atoms with Gasteiger partial charge in [0.05, 0.1) is 11.3 Å². The molecular weight excluding hydrogens is 286 g/mol. The Kier molecular flexibility index (Phi) is 4.33. The molecule has 4 heteroatoms. The van der Waals surface area contributed by atoms with Crippen molar-refractivity contribution in [2.24, 2.45) is 0 Å². The molecule has 1 aromatic heterocycles. The van der Waals surface area contributed by atoms with Gasteiger partial charge in [0.2, 0.25) is 0 Å². The molecule has 23 heavy (non-hydrogen) atoms. The third-order valence-electron chi connectivity index (χ3n) is 4.39. The van der Waals surface area contributed by atoms with Crippen LogP contribution in [0.2, 0.25) is 0 Å². The van der Waals surface area contributed by atoms with Crippen LogP contribution in [0.1, 0.15) is 27.3 Å². The molecule has 1 aliphatic rings. The average Bonchev–Trinajstić information content (AvgIpc) is 2.54. The highest BCUT2D eigenvalue weighted by atomic mass is 16.2. The predicted octanol–water partition coefficient (Wildman–Crippen LogP) is 2.97. The maximum atomic E-state index is 12.7. The van der Waals surface area contributed by atoms with Crippen molar-refractivity contribution in [1.82, 2.24) is 9.88 Å². The van der Waals surface area contributed by atoms with Crippen LogP contribution in [-0.2, 0) is 0 Å². The van der Waals surface area contributed by atoms with E-state index in [-0.39, 0.29) is 5.91 Å². The molecule has 0 saturated carbocycles. The van der Waals surface area contributed by atoms with Crippen molar-refractivity contribution in [2.45, 2.75) is 20.8 Å². The highest BCUT2D eigenvalue weighted by Crippen LogP contribution is 2.19. The van der Waals surface area contributed by atoms with E-state index in [0.717, 1.165) is 43.1 Å². The lowest BCUT2D eigenvalue weighted by molar-refractivity contribution is 0.0745. The van der Waals surface area contributed by atoms with Crippen LogP contribution in [0.15, 0.2) is 36.4 Å². The van der Waals surface area contributed by atoms with Gasteiger partial charge in [-0.15, -0.1) is 0 Å². The Bertz CT molecular complexity index is 718. The third-order valence-corrected chi connectivity index (χ3v) is 4.39. The molecule has 2 aromatic rings. The number of rotatable bonds is 2. The number of benzene rings is 1. The van der Waals surface area contributed by atoms with Crippen LogP contribution in [0.5, 0.6) is 0 Å². The van der Waals surface area contributed by atoms with Crippen LogP contribution < -0.4 is 4.90 Å². The number of piperazine rings is 1. The quantitative estimate of drug-likeness (QED) is 0.856. The standard InChI is InChI=1S/C19H23N3O/c1-14-5-4-6-17(13-14)21-9-11-22(12-10-21)19(23)18-8-7-15(2)20-16(18)3/h4-8,13H,9-12H2,1-3H3. The molecule has 0 N–H and O–H groups in total. The molecule has 1 aromatic carbocycles. The second kappa shape index (κ2) is 6.41. The smallest absolute Gasteiger partial charge is 0.255 e. The Morgan fingerprint density at radius 2 is 1.74 bits per heavy atom. The minimum absolute atomic E-state index is 0.0962. The summed E-state index contributed by atoms with van der Waals surface area (Å²) in [6.07, 6.45) is 0. The first-order chi connectivity index (χ1) is 11.0. The monoisotopic (exact) mass is 309 g/mol. The SMILES string of the molecule is Cc1cccc(N2CCN(C(=O)c3ccc(C)nc3C)CC2)c1. The van der Waals surface area contributed by atoms with E-state index < -0.39 is 0 Å². The van der Waals surface area contributed by atoms with E-state index in [0.29, 0.717) is 0 Å². The first kappa shape index (κ1) is 15.5. The van der Waals surface area contributed by atoms with Gasteiger partial charge in [0.15, 0.2) is 0 Å². The van der Waals surface area contributed by atoms with Gasteiger partial charge in [-0.05, 0) is 50.6 Å². The Hall–Kier alpha value is -2.36. The summed E-state index contributed by atoms with van der Waals surface area (Å²) in [6.45, 7) is 9.20. The van der Waals surface area contributed by atoms with Crippen molar-refractivity contribution in [2.75, 3.05) is 31.1 Å². The summed E-state index contributed by atoms with van der Waals surface area (Å²) in [5.74, 6) is 0.0962. The largest absolute Gasteiger partial charge is 0.368 e. The highest BCUT2D eigenvalue weighted by Gasteiger charge is 2.23. The van der Waals surface area contributed by atoms with Crippen LogP contribution in [0.25, 0.3) is 0 Å². The number of anilines is 1. The van der Waals surface area contributed by atoms with E-state index in [1.165, 1.54) is 11.3 Å². The van der Waals surface area contributed by atoms with Crippen molar-refractivity contribution in [3.8, 4) is 0 Å². The molecule has 0 aliphatic carbocycles. The van der Waals surface area contributed by atoms with Crippen molar-refractivity contribution >= 4 is 11.6 Å². The highest BCUT2D eigenvalue weighted by molar-refractivity contribution is 5.95. The number of aromatic nitrogens is 1. The van der Waals surface area contributed by atoms with Gasteiger partial charge in [-0.1, -0.05) is 12.1 Å². The van der Waals surface area contributed by atoms with E-state index in [2.05, 4.69) is 41.1 Å². The molecule has 1 amide bonds. The van der Waals surface area contributed by atoms with E-state index in [1.807, 2.05) is 30.9 Å². The average molecular weight is 309 g/mol. The second-order valence-electron chi connectivity index (χ2n) is 6.20. The first-order valence-corrected chi connectivity index (χ1v) is 8.10. The number of hydrogen-bond donors (Lipinski definition) is 0. The van der Waals surface area contributed by atoms with E-state index >= 15 is 0 Å². The minimum atomic E-state index is 0.0962. The third kappa shape index (κ3) is 3.36. The van der Waals surface area contributed by atoms with Crippen molar-refractivity contribution in [1.29, 1.82) is 0 Å². The summed E-state index contributed by atoms with van der Waals surface area (Å²) < 4.78 is 0. The normalized spacial score (nSPS) is 14.9. The molecule has 1 saturated heterocycles. The van der Waals surface area contributed by atoms with Gasteiger partial charge in [-0.25, -0.2) is 0 Å². The maximum absolute atomic E-state index is 12.7. The van der Waals surface area contributed by atoms with Gasteiger partial charge in [0, 0.05) is 37.6 Å². The first-order valence-electron chi connectivity index (χ1n) is 8.10. The summed E-state index contributed by atoms with van der Waals surface area (Å²) in [5.41, 5.74) is 4.99. The lowest BCUT2D eigenvalue weighted by Crippen LogP contribution is -2.49. The lowest BCUT2D eigenvalue weighted by Gasteiger charge is -2.36. The zero-order valence-corrected chi connectivity index (χ0v) is 14.0. The molecule has 1 aliphatic heterocycles. The van der Waals surface area contributed by atoms with E-state index in [4.69, 9.17) is 0 Å². The number of carbonyl (C=O) groups excluding carboxylic acids is 1. The van der Waals surface area contributed by atoms with Crippen LogP contribution >= 0.6 is 0 Å². The fourth-order valence-corrected chi connectivity index (χ4v) is 3.08. The fourth-order valence-electron chi connectivity index (χ4n) is 3.08. The fraction of sp³-hybridized carbons (Fsp3) is 0.368. The molecule has 3 rings (SSSR count). The second-order valence-corrected chi connectivity index (χ2v) is 6.20. The zero-order valence-electron chi connectivity index (χ0n) is 14.0. The zero-order chi connectivity index (χ0) is 16.4. The molecule has 0 atom stereocenters. The van der Waals surface area contributed by atoms with Gasteiger partial charge in [-0.2, -0.15) is 0 Å². The predicted molar refractivity (Wildman–Crippen MR) is 93.0 cm³/mol. The Morgan fingerprint density at radius 3 is 2.39 bits per heavy atom. The van der Waals surface area contributed by atoms with Crippen molar-refractivity contribution < 1.29 is 4.79 Å². The van der Waals surface area contributed by atoms with Gasteiger partial charge in [0.25, 0.3) is 5.91 Å². The number of nitrogens with zero attached hydrogens (tertiary/aromatic N) is 3. The van der Waals surface area contributed by atoms with Gasteiger partial charge < -0.3 is 9.80 Å². The van der Waals surface area contributed by atoms with E-state index in [9.17, 15) is 4.79 Å². The van der Waals surface area contributed by atoms with Crippen molar-refractivity contribution in [3.05, 3.63) is 58.9 Å². The van der Waals surface area contributed by atoms with Crippen LogP contribution in [0.4, 0.5) is 5.69 Å². The summed E-state index contributed by atoms with van der Waals surface area (Å²) in [6, 6.07) is 12.3. The summed E-state index contributed by atoms with van der Waals surface area (Å²) in [4.78, 5) is 21.4. The van der Waals surface area contributed by atoms with Gasteiger partial charge in [0.1, 0.15) is 0 Å². The molecule has 4 nitrogen and oxygen atoms in total. The minimum Gasteiger partial charge on any atom is -0.368 e. The van der Waals surface area contributed by atoms with Crippen LogP contribution in [0, 0.1) is 20.8 Å². The Balaban J connectivity index is 1.68. The molecule has 120 valence electrons. The lowest BCUT2D eigenvalue weighted by atomic mass is 10.1. The van der Waals surface area contributed by atoms with Gasteiger partial charge >= 0.3 is 0 Å². The molecule has 0 radical (unpaired) electrons. The molecule has 1 fully saturated rings. The molecule has 0 bridgehead atoms.